The molecule has 2 aliphatic carbocycles. The maximum atomic E-state index is 11.6. The van der Waals surface area contributed by atoms with E-state index in [1.165, 1.54) is 32.8 Å². The molecule has 1 aliphatic heterocycles. The number of carbonyl (C=O) groups excluding carboxylic acids is 1. The van der Waals surface area contributed by atoms with Gasteiger partial charge in [0.15, 0.2) is 5.96 Å². The monoisotopic (exact) mass is 435 g/mol. The Morgan fingerprint density at radius 1 is 1.26 bits per heavy atom. The molecule has 3 aliphatic rings. The number of likely N-dealkylation sites (tertiary alicyclic amines) is 1. The summed E-state index contributed by atoms with van der Waals surface area (Å²) < 4.78 is 4.86. The highest BCUT2D eigenvalue weighted by molar-refractivity contribution is 14.0. The van der Waals surface area contributed by atoms with Crippen molar-refractivity contribution in [2.45, 2.75) is 45.4 Å². The Morgan fingerprint density at radius 3 is 2.39 bits per heavy atom. The number of guanidine groups is 1. The molecule has 0 radical (unpaired) electrons. The summed E-state index contributed by atoms with van der Waals surface area (Å²) in [7, 11) is 1.48. The van der Waals surface area contributed by atoms with E-state index in [0.29, 0.717) is 5.41 Å². The number of halogens is 1. The van der Waals surface area contributed by atoms with Crippen molar-refractivity contribution in [2.24, 2.45) is 22.2 Å². The fourth-order valence-electron chi connectivity index (χ4n) is 3.70. The van der Waals surface area contributed by atoms with E-state index in [2.05, 4.69) is 17.1 Å². The molecule has 0 bridgehead atoms. The van der Waals surface area contributed by atoms with Gasteiger partial charge in [0.1, 0.15) is 0 Å². The summed E-state index contributed by atoms with van der Waals surface area (Å²) in [6, 6.07) is 0. The minimum absolute atomic E-state index is 0. The Morgan fingerprint density at radius 2 is 1.91 bits per heavy atom. The number of nitrogens with zero attached hydrogens (tertiary/aromatic N) is 2. The molecule has 3 rings (SSSR count). The molecule has 1 heterocycles. The van der Waals surface area contributed by atoms with E-state index in [1.807, 2.05) is 0 Å². The topological polar surface area (TPSA) is 53.9 Å². The van der Waals surface area contributed by atoms with Crippen LogP contribution in [0.25, 0.3) is 0 Å². The molecule has 6 heteroatoms. The lowest BCUT2D eigenvalue weighted by atomic mass is 9.97. The summed E-state index contributed by atoms with van der Waals surface area (Å²) in [5.41, 5.74) is 0.547. The van der Waals surface area contributed by atoms with Gasteiger partial charge in [0.05, 0.1) is 13.0 Å². The van der Waals surface area contributed by atoms with Crippen molar-refractivity contribution < 1.29 is 9.53 Å². The van der Waals surface area contributed by atoms with Gasteiger partial charge in [-0.1, -0.05) is 0 Å². The smallest absolute Gasteiger partial charge is 0.308 e. The van der Waals surface area contributed by atoms with Crippen molar-refractivity contribution in [1.29, 1.82) is 0 Å². The number of hydrogen-bond donors (Lipinski definition) is 1. The third-order valence-electron chi connectivity index (χ3n) is 5.54. The molecule has 0 spiro atoms. The molecule has 2 saturated carbocycles. The van der Waals surface area contributed by atoms with Crippen LogP contribution >= 0.6 is 24.0 Å². The van der Waals surface area contributed by atoms with Crippen molar-refractivity contribution >= 4 is 35.9 Å². The lowest BCUT2D eigenvalue weighted by molar-refractivity contribution is -0.146. The van der Waals surface area contributed by atoms with Crippen molar-refractivity contribution in [3.8, 4) is 0 Å². The lowest BCUT2D eigenvalue weighted by Gasteiger charge is -2.33. The molecule has 1 saturated heterocycles. The second-order valence-corrected chi connectivity index (χ2v) is 7.09. The van der Waals surface area contributed by atoms with Gasteiger partial charge in [-0.2, -0.15) is 0 Å². The second-order valence-electron chi connectivity index (χ2n) is 7.09. The van der Waals surface area contributed by atoms with E-state index in [0.717, 1.165) is 50.9 Å². The van der Waals surface area contributed by atoms with E-state index in [1.54, 1.807) is 0 Å². The van der Waals surface area contributed by atoms with Gasteiger partial charge in [-0.15, -0.1) is 24.0 Å². The highest BCUT2D eigenvalue weighted by atomic mass is 127. The molecule has 0 aromatic heterocycles. The number of rotatable bonds is 5. The first-order chi connectivity index (χ1) is 10.7. The van der Waals surface area contributed by atoms with Crippen LogP contribution in [-0.4, -0.2) is 50.1 Å². The predicted octanol–water partition coefficient (Wildman–Crippen LogP) is 2.65. The standard InChI is InChI=1S/C17H29N3O2.HI/c1-3-18-16(19-12-17(8-9-17)14-4-5-14)20-10-6-13(7-11-20)15(21)22-2;/h13-14H,3-12H2,1-2H3,(H,18,19);1H. The highest BCUT2D eigenvalue weighted by Crippen LogP contribution is 2.61. The SMILES string of the molecule is CCNC(=NCC1(C2CC2)CC1)N1CCC(C(=O)OC)CC1.I. The van der Waals surface area contributed by atoms with E-state index < -0.39 is 0 Å². The molecular weight excluding hydrogens is 405 g/mol. The lowest BCUT2D eigenvalue weighted by Crippen LogP contribution is -2.47. The fraction of sp³-hybridized carbons (Fsp3) is 0.882. The maximum absolute atomic E-state index is 11.6. The first-order valence-electron chi connectivity index (χ1n) is 8.79. The molecule has 23 heavy (non-hydrogen) atoms. The van der Waals surface area contributed by atoms with Crippen molar-refractivity contribution in [2.75, 3.05) is 33.3 Å². The zero-order valence-corrected chi connectivity index (χ0v) is 16.7. The number of carbonyl (C=O) groups is 1. The third-order valence-corrected chi connectivity index (χ3v) is 5.54. The summed E-state index contributed by atoms with van der Waals surface area (Å²) in [4.78, 5) is 18.9. The summed E-state index contributed by atoms with van der Waals surface area (Å²) >= 11 is 0. The summed E-state index contributed by atoms with van der Waals surface area (Å²) in [5, 5.41) is 3.43. The molecule has 5 nitrogen and oxygen atoms in total. The third kappa shape index (κ3) is 4.51. The van der Waals surface area contributed by atoms with Crippen LogP contribution in [0.1, 0.15) is 45.4 Å². The van der Waals surface area contributed by atoms with Crippen LogP contribution in [0.4, 0.5) is 0 Å². The molecule has 1 N–H and O–H groups in total. The van der Waals surface area contributed by atoms with Gasteiger partial charge in [-0.25, -0.2) is 0 Å². The second kappa shape index (κ2) is 8.03. The summed E-state index contributed by atoms with van der Waals surface area (Å²) in [6.07, 6.45) is 7.29. The fourth-order valence-corrected chi connectivity index (χ4v) is 3.70. The highest BCUT2D eigenvalue weighted by Gasteiger charge is 2.53. The Balaban J connectivity index is 0.00000192. The number of methoxy groups -OCH3 is 1. The number of aliphatic imine (C=N–C) groups is 1. The zero-order valence-electron chi connectivity index (χ0n) is 14.3. The average molecular weight is 435 g/mol. The van der Waals surface area contributed by atoms with Gasteiger partial charge in [0.2, 0.25) is 0 Å². The van der Waals surface area contributed by atoms with E-state index in [9.17, 15) is 4.79 Å². The predicted molar refractivity (Wildman–Crippen MR) is 102 cm³/mol. The number of esters is 1. The van der Waals surface area contributed by atoms with Gasteiger partial charge in [0, 0.05) is 26.2 Å². The van der Waals surface area contributed by atoms with Gasteiger partial charge < -0.3 is 15.0 Å². The molecule has 0 amide bonds. The van der Waals surface area contributed by atoms with Crippen LogP contribution < -0.4 is 5.32 Å². The van der Waals surface area contributed by atoms with Gasteiger partial charge >= 0.3 is 5.97 Å². The van der Waals surface area contributed by atoms with Gasteiger partial charge in [-0.3, -0.25) is 9.79 Å². The minimum Gasteiger partial charge on any atom is -0.469 e. The average Bonchev–Trinajstić information content (AvgIpc) is 3.43. The van der Waals surface area contributed by atoms with Crippen LogP contribution in [0.2, 0.25) is 0 Å². The van der Waals surface area contributed by atoms with Gasteiger partial charge in [0.25, 0.3) is 0 Å². The quantitative estimate of drug-likeness (QED) is 0.312. The Hall–Kier alpha value is -0.530. The van der Waals surface area contributed by atoms with Crippen LogP contribution in [0, 0.1) is 17.3 Å². The van der Waals surface area contributed by atoms with Crippen molar-refractivity contribution in [1.82, 2.24) is 10.2 Å². The first-order valence-corrected chi connectivity index (χ1v) is 8.79. The van der Waals surface area contributed by atoms with E-state index in [-0.39, 0.29) is 35.9 Å². The molecular formula is C17H30IN3O2. The van der Waals surface area contributed by atoms with Crippen LogP contribution in [0.15, 0.2) is 4.99 Å². The zero-order chi connectivity index (χ0) is 15.6. The van der Waals surface area contributed by atoms with E-state index in [4.69, 9.17) is 9.73 Å². The molecule has 3 fully saturated rings. The molecule has 132 valence electrons. The van der Waals surface area contributed by atoms with Crippen LogP contribution in [0.5, 0.6) is 0 Å². The van der Waals surface area contributed by atoms with Crippen molar-refractivity contribution in [3.63, 3.8) is 0 Å². The molecule has 0 unspecified atom stereocenters. The first kappa shape index (κ1) is 18.8. The number of hydrogen-bond acceptors (Lipinski definition) is 3. The molecule has 0 aromatic rings. The largest absolute Gasteiger partial charge is 0.469 e. The summed E-state index contributed by atoms with van der Waals surface area (Å²) in [6.45, 7) is 5.78. The molecule has 0 atom stereocenters. The Bertz CT molecular complexity index is 439. The van der Waals surface area contributed by atoms with Crippen molar-refractivity contribution in [3.05, 3.63) is 0 Å². The van der Waals surface area contributed by atoms with Crippen LogP contribution in [0.3, 0.4) is 0 Å². The number of ether oxygens (including phenoxy) is 1. The number of nitrogens with one attached hydrogen (secondary N) is 1. The van der Waals surface area contributed by atoms with Gasteiger partial charge in [-0.05, 0) is 56.8 Å². The maximum Gasteiger partial charge on any atom is 0.308 e. The minimum atomic E-state index is -0.0627. The summed E-state index contributed by atoms with van der Waals surface area (Å²) in [5.74, 6) is 1.99. The van der Waals surface area contributed by atoms with Crippen LogP contribution in [-0.2, 0) is 9.53 Å². The Kier molecular flexibility index (Phi) is 6.57. The number of piperidine rings is 1. The van der Waals surface area contributed by atoms with E-state index >= 15 is 0 Å². The molecule has 0 aromatic carbocycles. The Labute approximate surface area is 156 Å². The normalized spacial score (nSPS) is 23.9.